The summed E-state index contributed by atoms with van der Waals surface area (Å²) in [5.74, 6) is -2.18. The molecule has 4 nitrogen and oxygen atoms in total. The van der Waals surface area contributed by atoms with Gasteiger partial charge in [0.2, 0.25) is 0 Å². The first-order valence-electron chi connectivity index (χ1n) is 3.28. The zero-order chi connectivity index (χ0) is 9.30. The summed E-state index contributed by atoms with van der Waals surface area (Å²) in [6, 6.07) is 2.56. The van der Waals surface area contributed by atoms with Crippen LogP contribution in [-0.2, 0) is 0 Å². The number of carbonyl (C=O) groups is 1. The molecule has 72 valence electrons. The molecule has 4 heteroatoms. The first kappa shape index (κ1) is 11.3. The van der Waals surface area contributed by atoms with Crippen molar-refractivity contribution >= 4 is 5.97 Å². The van der Waals surface area contributed by atoms with Crippen LogP contribution in [0.1, 0.15) is 23.3 Å². The number of phenols is 2. The summed E-state index contributed by atoms with van der Waals surface area (Å²) in [6.07, 6.45) is 0. The number of aromatic carboxylic acids is 1. The Morgan fingerprint density at radius 2 is 1.62 bits per heavy atom. The highest BCUT2D eigenvalue weighted by molar-refractivity contribution is 5.93. The van der Waals surface area contributed by atoms with E-state index in [9.17, 15) is 4.79 Å². The van der Waals surface area contributed by atoms with Gasteiger partial charge < -0.3 is 15.3 Å². The number of hydrogen-bond donors (Lipinski definition) is 3. The summed E-state index contributed by atoms with van der Waals surface area (Å²) in [7, 11) is 0. The maximum atomic E-state index is 10.4. The fourth-order valence-corrected chi connectivity index (χ4v) is 0.968. The summed E-state index contributed by atoms with van der Waals surface area (Å²) in [4.78, 5) is 10.4. The van der Waals surface area contributed by atoms with Gasteiger partial charge in [0.1, 0.15) is 17.1 Å². The molecule has 0 amide bonds. The Balaban J connectivity index is 0.00000144. The summed E-state index contributed by atoms with van der Waals surface area (Å²) in [6.45, 7) is 1.64. The van der Waals surface area contributed by atoms with Gasteiger partial charge in [-0.25, -0.2) is 4.79 Å². The minimum atomic E-state index is -1.34. The Morgan fingerprint density at radius 3 is 1.92 bits per heavy atom. The number of aryl methyl sites for hydroxylation is 1. The second-order valence-corrected chi connectivity index (χ2v) is 2.48. The van der Waals surface area contributed by atoms with Crippen molar-refractivity contribution in [3.63, 3.8) is 0 Å². The lowest BCUT2D eigenvalue weighted by Crippen LogP contribution is -1.97. The highest BCUT2D eigenvalue weighted by Crippen LogP contribution is 2.27. The van der Waals surface area contributed by atoms with Gasteiger partial charge in [-0.3, -0.25) is 0 Å². The van der Waals surface area contributed by atoms with Crippen LogP contribution in [0, 0.1) is 6.92 Å². The third-order valence-electron chi connectivity index (χ3n) is 1.45. The van der Waals surface area contributed by atoms with Crippen molar-refractivity contribution in [1.29, 1.82) is 0 Å². The van der Waals surface area contributed by atoms with E-state index >= 15 is 0 Å². The number of hydrogen-bond acceptors (Lipinski definition) is 3. The lowest BCUT2D eigenvalue weighted by Gasteiger charge is -2.03. The Bertz CT molecular complexity index is 307. The van der Waals surface area contributed by atoms with Crippen molar-refractivity contribution < 1.29 is 20.1 Å². The van der Waals surface area contributed by atoms with Crippen molar-refractivity contribution in [3.8, 4) is 11.5 Å². The molecule has 0 heterocycles. The number of carboxylic acids is 1. The van der Waals surface area contributed by atoms with E-state index in [2.05, 4.69) is 0 Å². The molecule has 3 N–H and O–H groups in total. The largest absolute Gasteiger partial charge is 0.507 e. The van der Waals surface area contributed by atoms with Gasteiger partial charge in [0, 0.05) is 0 Å². The quantitative estimate of drug-likeness (QED) is 0.621. The minimum Gasteiger partial charge on any atom is -0.507 e. The molecule has 0 atom stereocenters. The smallest absolute Gasteiger partial charge is 0.343 e. The van der Waals surface area contributed by atoms with Gasteiger partial charge in [0.25, 0.3) is 0 Å². The van der Waals surface area contributed by atoms with E-state index in [-0.39, 0.29) is 7.43 Å². The molecule has 1 rings (SSSR count). The first-order valence-corrected chi connectivity index (χ1v) is 3.28. The highest BCUT2D eigenvalue weighted by atomic mass is 16.4. The molecule has 13 heavy (non-hydrogen) atoms. The standard InChI is InChI=1S/C8H8O4.CH4/c1-4-2-5(9)7(8(11)12)6(10)3-4;/h2-3,9-10H,1H3,(H,11,12);1H4. The molecular formula is C9H12O4. The lowest BCUT2D eigenvalue weighted by atomic mass is 10.1. The predicted molar refractivity (Wildman–Crippen MR) is 48.2 cm³/mol. The average Bonchev–Trinajstić information content (AvgIpc) is 1.82. The Hall–Kier alpha value is -1.71. The molecule has 0 fully saturated rings. The molecule has 0 radical (unpaired) electrons. The van der Waals surface area contributed by atoms with Gasteiger partial charge in [-0.05, 0) is 24.6 Å². The molecule has 0 aliphatic heterocycles. The lowest BCUT2D eigenvalue weighted by molar-refractivity contribution is 0.0690. The average molecular weight is 184 g/mol. The Morgan fingerprint density at radius 1 is 1.23 bits per heavy atom. The van der Waals surface area contributed by atoms with E-state index in [4.69, 9.17) is 15.3 Å². The van der Waals surface area contributed by atoms with Gasteiger partial charge in [-0.15, -0.1) is 0 Å². The van der Waals surface area contributed by atoms with Gasteiger partial charge in [0.05, 0.1) is 0 Å². The third kappa shape index (κ3) is 2.11. The first-order chi connectivity index (χ1) is 5.52. The van der Waals surface area contributed by atoms with Gasteiger partial charge in [0.15, 0.2) is 0 Å². The van der Waals surface area contributed by atoms with Gasteiger partial charge in [-0.1, -0.05) is 7.43 Å². The molecule has 0 unspecified atom stereocenters. The number of aromatic hydroxyl groups is 2. The van der Waals surface area contributed by atoms with E-state index < -0.39 is 23.0 Å². The van der Waals surface area contributed by atoms with Crippen LogP contribution < -0.4 is 0 Å². The molecule has 0 saturated heterocycles. The fourth-order valence-electron chi connectivity index (χ4n) is 0.968. The molecule has 1 aromatic carbocycles. The zero-order valence-electron chi connectivity index (χ0n) is 6.40. The SMILES string of the molecule is C.Cc1cc(O)c(C(=O)O)c(O)c1. The maximum Gasteiger partial charge on any atom is 0.343 e. The molecular weight excluding hydrogens is 172 g/mol. The van der Waals surface area contributed by atoms with Crippen LogP contribution in [0.4, 0.5) is 0 Å². The van der Waals surface area contributed by atoms with Crippen LogP contribution in [0.25, 0.3) is 0 Å². The monoisotopic (exact) mass is 184 g/mol. The fraction of sp³-hybridized carbons (Fsp3) is 0.222. The van der Waals surface area contributed by atoms with E-state index in [1.807, 2.05) is 0 Å². The number of benzene rings is 1. The summed E-state index contributed by atoms with van der Waals surface area (Å²) < 4.78 is 0. The molecule has 0 saturated carbocycles. The minimum absolute atomic E-state index is 0. The highest BCUT2D eigenvalue weighted by Gasteiger charge is 2.14. The normalized spacial score (nSPS) is 9.00. The second-order valence-electron chi connectivity index (χ2n) is 2.48. The van der Waals surface area contributed by atoms with Gasteiger partial charge in [-0.2, -0.15) is 0 Å². The van der Waals surface area contributed by atoms with Crippen molar-refractivity contribution in [1.82, 2.24) is 0 Å². The van der Waals surface area contributed by atoms with Crippen LogP contribution in [0.15, 0.2) is 12.1 Å². The molecule has 0 spiro atoms. The van der Waals surface area contributed by atoms with E-state index in [0.717, 1.165) is 0 Å². The van der Waals surface area contributed by atoms with Crippen LogP contribution in [0.3, 0.4) is 0 Å². The summed E-state index contributed by atoms with van der Waals surface area (Å²) >= 11 is 0. The summed E-state index contributed by atoms with van der Waals surface area (Å²) in [5, 5.41) is 26.7. The predicted octanol–water partition coefficient (Wildman–Crippen LogP) is 1.74. The number of rotatable bonds is 1. The molecule has 1 aromatic rings. The third-order valence-corrected chi connectivity index (χ3v) is 1.45. The molecule has 0 aliphatic rings. The van der Waals surface area contributed by atoms with E-state index in [0.29, 0.717) is 5.56 Å². The van der Waals surface area contributed by atoms with Crippen molar-refractivity contribution in [2.45, 2.75) is 14.4 Å². The topological polar surface area (TPSA) is 77.8 Å². The molecule has 0 aromatic heterocycles. The number of carboxylic acid groups (broad SMARTS) is 1. The Kier molecular flexibility index (Phi) is 3.30. The van der Waals surface area contributed by atoms with Crippen molar-refractivity contribution in [3.05, 3.63) is 23.3 Å². The van der Waals surface area contributed by atoms with E-state index in [1.165, 1.54) is 12.1 Å². The maximum absolute atomic E-state index is 10.4. The van der Waals surface area contributed by atoms with Crippen molar-refractivity contribution in [2.75, 3.05) is 0 Å². The Labute approximate surface area is 76.1 Å². The van der Waals surface area contributed by atoms with E-state index in [1.54, 1.807) is 6.92 Å². The summed E-state index contributed by atoms with van der Waals surface area (Å²) in [5.41, 5.74) is 0.149. The van der Waals surface area contributed by atoms with Crippen molar-refractivity contribution in [2.24, 2.45) is 0 Å². The van der Waals surface area contributed by atoms with Crippen LogP contribution in [0.5, 0.6) is 11.5 Å². The van der Waals surface area contributed by atoms with Crippen LogP contribution in [-0.4, -0.2) is 21.3 Å². The molecule has 0 bridgehead atoms. The molecule has 0 aliphatic carbocycles. The second kappa shape index (κ2) is 3.80. The van der Waals surface area contributed by atoms with Gasteiger partial charge >= 0.3 is 5.97 Å². The van der Waals surface area contributed by atoms with Crippen LogP contribution >= 0.6 is 0 Å². The zero-order valence-corrected chi connectivity index (χ0v) is 6.40. The van der Waals surface area contributed by atoms with Crippen LogP contribution in [0.2, 0.25) is 0 Å².